The lowest BCUT2D eigenvalue weighted by Crippen LogP contribution is -2.15. The van der Waals surface area contributed by atoms with Crippen LogP contribution in [0.15, 0.2) is 24.3 Å². The Morgan fingerprint density at radius 3 is 2.60 bits per heavy atom. The zero-order valence-electron chi connectivity index (χ0n) is 11.3. The van der Waals surface area contributed by atoms with Crippen molar-refractivity contribution in [1.29, 1.82) is 0 Å². The Kier molecular flexibility index (Phi) is 5.48. The molecule has 0 amide bonds. The molecule has 1 aromatic carbocycles. The molecule has 1 N–H and O–H groups in total. The van der Waals surface area contributed by atoms with Crippen molar-refractivity contribution in [3.8, 4) is 5.75 Å². The van der Waals surface area contributed by atoms with Crippen molar-refractivity contribution in [1.82, 2.24) is 0 Å². The number of hydrogen-bond acceptors (Lipinski definition) is 2. The predicted octanol–water partition coefficient (Wildman–Crippen LogP) is 4.54. The minimum absolute atomic E-state index is 0.202. The molecule has 0 aliphatic heterocycles. The first-order valence-electron chi connectivity index (χ1n) is 7.03. The standard InChI is InChI=1S/C16H19ClO3/c17-14-8-5-9-15(13(14)10-11-16(18)19)20-12-6-3-1-2-4-7-12/h5,8-12H,1-4,6-7H2,(H,18,19)/b11-10+. The molecule has 1 fully saturated rings. The van der Waals surface area contributed by atoms with E-state index in [9.17, 15) is 4.79 Å². The Balaban J connectivity index is 2.17. The van der Waals surface area contributed by atoms with Gasteiger partial charge in [0.1, 0.15) is 5.75 Å². The average molecular weight is 295 g/mol. The molecule has 0 saturated heterocycles. The lowest BCUT2D eigenvalue weighted by molar-refractivity contribution is -0.131. The number of ether oxygens (including phenoxy) is 1. The van der Waals surface area contributed by atoms with Gasteiger partial charge < -0.3 is 9.84 Å². The molecule has 3 nitrogen and oxygen atoms in total. The molecule has 20 heavy (non-hydrogen) atoms. The molecular formula is C16H19ClO3. The summed E-state index contributed by atoms with van der Waals surface area (Å²) >= 11 is 6.14. The number of carboxylic acid groups (broad SMARTS) is 1. The van der Waals surface area contributed by atoms with Crippen LogP contribution in [0, 0.1) is 0 Å². The third-order valence-electron chi connectivity index (χ3n) is 3.50. The highest BCUT2D eigenvalue weighted by molar-refractivity contribution is 6.32. The number of aliphatic carboxylic acids is 1. The van der Waals surface area contributed by atoms with Crippen LogP contribution in [-0.2, 0) is 4.79 Å². The third-order valence-corrected chi connectivity index (χ3v) is 3.83. The fraction of sp³-hybridized carbons (Fsp3) is 0.438. The van der Waals surface area contributed by atoms with Crippen LogP contribution in [0.1, 0.15) is 44.1 Å². The van der Waals surface area contributed by atoms with Crippen molar-refractivity contribution < 1.29 is 14.6 Å². The van der Waals surface area contributed by atoms with E-state index in [1.165, 1.54) is 31.8 Å². The van der Waals surface area contributed by atoms with E-state index in [1.54, 1.807) is 6.07 Å². The molecule has 1 saturated carbocycles. The zero-order chi connectivity index (χ0) is 14.4. The highest BCUT2D eigenvalue weighted by Gasteiger charge is 2.15. The van der Waals surface area contributed by atoms with Crippen molar-refractivity contribution in [2.24, 2.45) is 0 Å². The minimum Gasteiger partial charge on any atom is -0.490 e. The Hall–Kier alpha value is -1.48. The Morgan fingerprint density at radius 2 is 1.95 bits per heavy atom. The fourth-order valence-corrected chi connectivity index (χ4v) is 2.70. The van der Waals surface area contributed by atoms with Gasteiger partial charge in [-0.3, -0.25) is 0 Å². The normalized spacial score (nSPS) is 17.1. The van der Waals surface area contributed by atoms with Gasteiger partial charge in [0.05, 0.1) is 11.1 Å². The first-order valence-corrected chi connectivity index (χ1v) is 7.41. The van der Waals surface area contributed by atoms with E-state index in [-0.39, 0.29) is 6.10 Å². The molecule has 1 aliphatic rings. The van der Waals surface area contributed by atoms with Crippen LogP contribution < -0.4 is 4.74 Å². The summed E-state index contributed by atoms with van der Waals surface area (Å²) in [5.74, 6) is -0.327. The largest absolute Gasteiger partial charge is 0.490 e. The molecule has 0 atom stereocenters. The molecule has 0 radical (unpaired) electrons. The van der Waals surface area contributed by atoms with Gasteiger partial charge in [-0.1, -0.05) is 30.5 Å². The number of rotatable bonds is 4. The van der Waals surface area contributed by atoms with Gasteiger partial charge in [0, 0.05) is 11.6 Å². The molecule has 1 aromatic rings. The van der Waals surface area contributed by atoms with E-state index in [0.29, 0.717) is 16.3 Å². The summed E-state index contributed by atoms with van der Waals surface area (Å²) in [6.07, 6.45) is 9.79. The molecule has 1 aliphatic carbocycles. The van der Waals surface area contributed by atoms with Crippen LogP contribution >= 0.6 is 11.6 Å². The molecule has 108 valence electrons. The summed E-state index contributed by atoms with van der Waals surface area (Å²) in [4.78, 5) is 10.7. The van der Waals surface area contributed by atoms with Crippen LogP contribution in [0.5, 0.6) is 5.75 Å². The lowest BCUT2D eigenvalue weighted by Gasteiger charge is -2.19. The van der Waals surface area contributed by atoms with Gasteiger partial charge in [-0.15, -0.1) is 0 Å². The smallest absolute Gasteiger partial charge is 0.328 e. The second kappa shape index (κ2) is 7.34. The Labute approximate surface area is 124 Å². The quantitative estimate of drug-likeness (QED) is 0.655. The van der Waals surface area contributed by atoms with Gasteiger partial charge in [-0.05, 0) is 43.9 Å². The van der Waals surface area contributed by atoms with Crippen molar-refractivity contribution in [2.75, 3.05) is 0 Å². The number of carboxylic acids is 1. The third kappa shape index (κ3) is 4.27. The maximum atomic E-state index is 10.7. The Bertz CT molecular complexity index is 488. The maximum absolute atomic E-state index is 10.7. The molecule has 0 spiro atoms. The van der Waals surface area contributed by atoms with Crippen LogP contribution in [0.4, 0.5) is 0 Å². The van der Waals surface area contributed by atoms with Crippen molar-refractivity contribution in [3.05, 3.63) is 34.9 Å². The molecule has 0 bridgehead atoms. The van der Waals surface area contributed by atoms with E-state index in [0.717, 1.165) is 18.9 Å². The lowest BCUT2D eigenvalue weighted by atomic mass is 10.1. The number of hydrogen-bond donors (Lipinski definition) is 1. The summed E-state index contributed by atoms with van der Waals surface area (Å²) < 4.78 is 6.05. The summed E-state index contributed by atoms with van der Waals surface area (Å²) in [5, 5.41) is 9.25. The maximum Gasteiger partial charge on any atom is 0.328 e. The van der Waals surface area contributed by atoms with E-state index in [1.807, 2.05) is 12.1 Å². The van der Waals surface area contributed by atoms with Crippen molar-refractivity contribution >= 4 is 23.6 Å². The van der Waals surface area contributed by atoms with Crippen LogP contribution in [0.25, 0.3) is 6.08 Å². The first kappa shape index (κ1) is 14.9. The zero-order valence-corrected chi connectivity index (χ0v) is 12.1. The van der Waals surface area contributed by atoms with E-state index >= 15 is 0 Å². The van der Waals surface area contributed by atoms with E-state index in [4.69, 9.17) is 21.4 Å². The first-order chi connectivity index (χ1) is 9.66. The van der Waals surface area contributed by atoms with Crippen molar-refractivity contribution in [3.63, 3.8) is 0 Å². The highest BCUT2D eigenvalue weighted by atomic mass is 35.5. The fourth-order valence-electron chi connectivity index (χ4n) is 2.48. The molecule has 0 heterocycles. The highest BCUT2D eigenvalue weighted by Crippen LogP contribution is 2.31. The number of carbonyl (C=O) groups is 1. The van der Waals surface area contributed by atoms with E-state index < -0.39 is 5.97 Å². The second-order valence-electron chi connectivity index (χ2n) is 5.05. The SMILES string of the molecule is O=C(O)/C=C/c1c(Cl)cccc1OC1CCCCCC1. The van der Waals surface area contributed by atoms with Gasteiger partial charge >= 0.3 is 5.97 Å². The number of halogens is 1. The minimum atomic E-state index is -0.995. The molecule has 2 rings (SSSR count). The number of benzene rings is 1. The second-order valence-corrected chi connectivity index (χ2v) is 5.46. The van der Waals surface area contributed by atoms with Gasteiger partial charge in [0.2, 0.25) is 0 Å². The topological polar surface area (TPSA) is 46.5 Å². The molecular weight excluding hydrogens is 276 g/mol. The van der Waals surface area contributed by atoms with Gasteiger partial charge in [-0.25, -0.2) is 4.79 Å². The monoisotopic (exact) mass is 294 g/mol. The van der Waals surface area contributed by atoms with Gasteiger partial charge in [0.15, 0.2) is 0 Å². The van der Waals surface area contributed by atoms with Crippen molar-refractivity contribution in [2.45, 2.75) is 44.6 Å². The van der Waals surface area contributed by atoms with Crippen LogP contribution in [0.2, 0.25) is 5.02 Å². The molecule has 4 heteroatoms. The summed E-state index contributed by atoms with van der Waals surface area (Å²) in [5.41, 5.74) is 0.640. The summed E-state index contributed by atoms with van der Waals surface area (Å²) in [6.45, 7) is 0. The summed E-state index contributed by atoms with van der Waals surface area (Å²) in [6, 6.07) is 5.41. The van der Waals surface area contributed by atoms with Gasteiger partial charge in [-0.2, -0.15) is 0 Å². The molecule has 0 unspecified atom stereocenters. The van der Waals surface area contributed by atoms with Crippen LogP contribution in [-0.4, -0.2) is 17.2 Å². The van der Waals surface area contributed by atoms with Gasteiger partial charge in [0.25, 0.3) is 0 Å². The van der Waals surface area contributed by atoms with E-state index in [2.05, 4.69) is 0 Å². The molecule has 0 aromatic heterocycles. The average Bonchev–Trinajstić information content (AvgIpc) is 2.66. The summed E-state index contributed by atoms with van der Waals surface area (Å²) in [7, 11) is 0. The van der Waals surface area contributed by atoms with Crippen LogP contribution in [0.3, 0.4) is 0 Å². The Morgan fingerprint density at radius 1 is 1.25 bits per heavy atom. The predicted molar refractivity (Wildman–Crippen MR) is 80.2 cm³/mol.